The van der Waals surface area contributed by atoms with E-state index in [2.05, 4.69) is 40.7 Å². The molecule has 9 rings (SSSR count). The second-order valence-corrected chi connectivity index (χ2v) is 26.4. The van der Waals surface area contributed by atoms with Crippen LogP contribution in [0.1, 0.15) is 131 Å². The van der Waals surface area contributed by atoms with E-state index in [1.807, 2.05) is 6.92 Å². The molecule has 7 fully saturated rings. The SMILES string of the molecule is CC1(C)CCC2(C(=O)O[C@H]3O[C@H](COC4O[C@H](COC(=O)CCCCCN5C(=O)C=CC5=O)[C@@H](O)[C@H](O)[C@H]4O)[C@@H](O)[C@H](O)[C@H]3O)CC[C@]3(C)C(=CC[C@@H]4[C@@]5(C)CC[C@H](OC6OC[C@H](O)[C@H](O)[C@H]6O)[C@@](C)(CO)C5CC[C@]43C)[C@@H]2C1. The van der Waals surface area contributed by atoms with Crippen molar-refractivity contribution in [2.75, 3.05) is 33.0 Å². The Labute approximate surface area is 461 Å². The molecule has 0 bridgehead atoms. The number of carbonyl (C=O) groups is 4. The molecule has 10 N–H and O–H groups in total. The molecule has 9 aliphatic rings. The first-order valence-electron chi connectivity index (χ1n) is 28.7. The van der Waals surface area contributed by atoms with E-state index in [0.717, 1.165) is 37.0 Å². The fraction of sp³-hybridized carbons (Fsp3) is 0.860. The second-order valence-electron chi connectivity index (χ2n) is 26.4. The fourth-order valence-corrected chi connectivity index (χ4v) is 16.3. The van der Waals surface area contributed by atoms with Crippen LogP contribution in [0.5, 0.6) is 0 Å². The number of allylic oxidation sites excluding steroid dienone is 2. The number of amides is 2. The highest BCUT2D eigenvalue weighted by atomic mass is 16.7. The van der Waals surface area contributed by atoms with Crippen LogP contribution in [-0.4, -0.2) is 205 Å². The van der Waals surface area contributed by atoms with Gasteiger partial charge in [0.1, 0.15) is 73.8 Å². The summed E-state index contributed by atoms with van der Waals surface area (Å²) in [6.07, 6.45) is -9.99. The maximum absolute atomic E-state index is 15.1. The van der Waals surface area contributed by atoms with E-state index < -0.39 is 140 Å². The van der Waals surface area contributed by atoms with Gasteiger partial charge in [-0.15, -0.1) is 0 Å². The molecule has 4 heterocycles. The van der Waals surface area contributed by atoms with E-state index in [4.69, 9.17) is 33.2 Å². The zero-order valence-electron chi connectivity index (χ0n) is 46.5. The average Bonchev–Trinajstić information content (AvgIpc) is 2.87. The largest absolute Gasteiger partial charge is 0.463 e. The molecular weight excluding hydrogens is 1030 g/mol. The molecule has 446 valence electrons. The highest BCUT2D eigenvalue weighted by molar-refractivity contribution is 6.12. The van der Waals surface area contributed by atoms with Crippen molar-refractivity contribution in [3.05, 3.63) is 23.8 Å². The molecule has 3 saturated heterocycles. The lowest BCUT2D eigenvalue weighted by atomic mass is 9.33. The van der Waals surface area contributed by atoms with Crippen molar-refractivity contribution >= 4 is 23.8 Å². The van der Waals surface area contributed by atoms with Crippen molar-refractivity contribution in [1.82, 2.24) is 4.90 Å². The Balaban J connectivity index is 0.848. The van der Waals surface area contributed by atoms with Crippen LogP contribution in [-0.2, 0) is 52.3 Å². The van der Waals surface area contributed by atoms with Gasteiger partial charge in [0.15, 0.2) is 12.6 Å². The van der Waals surface area contributed by atoms with Gasteiger partial charge in [-0.2, -0.15) is 0 Å². The molecule has 4 aliphatic heterocycles. The number of imide groups is 1. The number of ether oxygens (including phenoxy) is 7. The van der Waals surface area contributed by atoms with Crippen LogP contribution >= 0.6 is 0 Å². The van der Waals surface area contributed by atoms with Crippen molar-refractivity contribution in [3.8, 4) is 0 Å². The van der Waals surface area contributed by atoms with Gasteiger partial charge < -0.3 is 84.2 Å². The van der Waals surface area contributed by atoms with E-state index >= 15 is 4.79 Å². The van der Waals surface area contributed by atoms with E-state index in [-0.39, 0.29) is 65.6 Å². The normalized spacial score (nSPS) is 47.5. The van der Waals surface area contributed by atoms with Crippen molar-refractivity contribution in [2.45, 2.75) is 224 Å². The van der Waals surface area contributed by atoms with Gasteiger partial charge in [-0.1, -0.05) is 59.6 Å². The van der Waals surface area contributed by atoms with Crippen LogP contribution in [0, 0.1) is 50.2 Å². The number of hydrogen-bond donors (Lipinski definition) is 10. The molecule has 79 heavy (non-hydrogen) atoms. The minimum absolute atomic E-state index is 0.0268. The predicted molar refractivity (Wildman–Crippen MR) is 274 cm³/mol. The molecule has 0 aromatic carbocycles. The van der Waals surface area contributed by atoms with Crippen LogP contribution in [0.4, 0.5) is 0 Å². The summed E-state index contributed by atoms with van der Waals surface area (Å²) in [5.74, 6) is -2.04. The molecule has 0 aromatic heterocycles. The summed E-state index contributed by atoms with van der Waals surface area (Å²) in [5, 5.41) is 109. The number of nitrogens with zero attached hydrogens (tertiary/aromatic N) is 1. The summed E-state index contributed by atoms with van der Waals surface area (Å²) in [5.41, 5.74) is -1.46. The van der Waals surface area contributed by atoms with Crippen molar-refractivity contribution in [1.29, 1.82) is 0 Å². The maximum atomic E-state index is 15.1. The number of fused-ring (bicyclic) bond motifs is 7. The van der Waals surface area contributed by atoms with E-state index in [0.29, 0.717) is 51.4 Å². The summed E-state index contributed by atoms with van der Waals surface area (Å²) in [4.78, 5) is 52.4. The lowest BCUT2D eigenvalue weighted by Crippen LogP contribution is -2.67. The van der Waals surface area contributed by atoms with Crippen LogP contribution < -0.4 is 0 Å². The fourth-order valence-electron chi connectivity index (χ4n) is 16.3. The summed E-state index contributed by atoms with van der Waals surface area (Å²) >= 11 is 0. The molecule has 0 aromatic rings. The standard InChI is InChI=1S/C57H87NO21/c1-52(2)19-21-57(22-20-55(5)29(30(57)24-52)11-12-35-53(3)17-16-36(78-49-45(69)40(64)31(60)25-74-49)54(4,28-59)34(53)15-18-56(35,55)6)51(72)79-50-47(71)44(68)42(66)33(77-50)27-75-48-46(70)43(67)41(65)32(76-48)26-73-39(63)10-8-7-9-23-58-37(61)13-14-38(58)62/h11,13-14,30-36,40-50,59-60,64-71H,7-10,12,15-28H2,1-6H3/t30-,31-,32+,33+,34?,35+,36-,40-,41+,42+,43-,44-,45+,46+,47+,48?,49?,50+,53-,54-,55+,56+,57?/m0/s1. The Morgan fingerprint density at radius 2 is 1.32 bits per heavy atom. The number of rotatable bonds is 16. The van der Waals surface area contributed by atoms with E-state index in [1.54, 1.807) is 0 Å². The molecule has 4 unspecified atom stereocenters. The van der Waals surface area contributed by atoms with E-state index in [1.165, 1.54) is 17.7 Å². The third kappa shape index (κ3) is 10.7. The Bertz CT molecular complexity index is 2300. The lowest BCUT2D eigenvalue weighted by molar-refractivity contribution is -0.328. The third-order valence-electron chi connectivity index (χ3n) is 21.4. The van der Waals surface area contributed by atoms with Gasteiger partial charge in [0.25, 0.3) is 11.8 Å². The first kappa shape index (κ1) is 60.5. The number of aliphatic hydroxyl groups is 10. The molecule has 0 radical (unpaired) electrons. The van der Waals surface area contributed by atoms with Crippen LogP contribution in [0.2, 0.25) is 0 Å². The maximum Gasteiger partial charge on any atom is 0.315 e. The highest BCUT2D eigenvalue weighted by Gasteiger charge is 2.70. The average molecular weight is 1120 g/mol. The van der Waals surface area contributed by atoms with Gasteiger partial charge in [0.05, 0.1) is 31.3 Å². The quantitative estimate of drug-likeness (QED) is 0.0336. The summed E-state index contributed by atoms with van der Waals surface area (Å²) in [7, 11) is 0. The van der Waals surface area contributed by atoms with Gasteiger partial charge in [0.2, 0.25) is 6.29 Å². The minimum atomic E-state index is -1.87. The number of aliphatic hydroxyl groups excluding tert-OH is 10. The number of hydrogen-bond acceptors (Lipinski definition) is 21. The topological polar surface area (TPSA) is 338 Å². The molecule has 5 aliphatic carbocycles. The molecule has 0 spiro atoms. The zero-order chi connectivity index (χ0) is 57.4. The summed E-state index contributed by atoms with van der Waals surface area (Å²) in [6.45, 7) is 12.3. The first-order chi connectivity index (χ1) is 37.2. The number of carbonyl (C=O) groups excluding carboxylic acids is 4. The predicted octanol–water partition coefficient (Wildman–Crippen LogP) is 0.788. The van der Waals surface area contributed by atoms with Crippen molar-refractivity contribution in [3.63, 3.8) is 0 Å². The number of esters is 2. The Morgan fingerprint density at radius 1 is 0.684 bits per heavy atom. The first-order valence-corrected chi connectivity index (χ1v) is 28.7. The Morgan fingerprint density at radius 3 is 2.00 bits per heavy atom. The smallest absolute Gasteiger partial charge is 0.315 e. The molecule has 22 nitrogen and oxygen atoms in total. The van der Waals surface area contributed by atoms with E-state index in [9.17, 15) is 65.4 Å². The molecule has 4 saturated carbocycles. The summed E-state index contributed by atoms with van der Waals surface area (Å²) < 4.78 is 41.1. The Kier molecular flexibility index (Phi) is 17.5. The van der Waals surface area contributed by atoms with Gasteiger partial charge in [-0.05, 0) is 116 Å². The van der Waals surface area contributed by atoms with Gasteiger partial charge in [0, 0.05) is 30.5 Å². The zero-order valence-corrected chi connectivity index (χ0v) is 46.5. The van der Waals surface area contributed by atoms with Crippen LogP contribution in [0.15, 0.2) is 23.8 Å². The van der Waals surface area contributed by atoms with Crippen LogP contribution in [0.25, 0.3) is 0 Å². The van der Waals surface area contributed by atoms with Gasteiger partial charge >= 0.3 is 11.9 Å². The number of unbranched alkanes of at least 4 members (excludes halogenated alkanes) is 2. The molecule has 23 atom stereocenters. The third-order valence-corrected chi connectivity index (χ3v) is 21.4. The molecular formula is C57H87NO21. The molecule has 22 heteroatoms. The van der Waals surface area contributed by atoms with Gasteiger partial charge in [-0.25, -0.2) is 0 Å². The minimum Gasteiger partial charge on any atom is -0.463 e. The lowest BCUT2D eigenvalue weighted by Gasteiger charge is -2.71. The van der Waals surface area contributed by atoms with Crippen molar-refractivity contribution < 1.29 is 103 Å². The monoisotopic (exact) mass is 1120 g/mol. The molecule has 2 amide bonds. The summed E-state index contributed by atoms with van der Waals surface area (Å²) in [6, 6.07) is 0. The Hall–Kier alpha value is -3.04. The van der Waals surface area contributed by atoms with Gasteiger partial charge in [-0.3, -0.25) is 24.1 Å². The van der Waals surface area contributed by atoms with Crippen LogP contribution in [0.3, 0.4) is 0 Å². The second kappa shape index (κ2) is 22.8. The van der Waals surface area contributed by atoms with Crippen molar-refractivity contribution in [2.24, 2.45) is 50.2 Å². The highest BCUT2D eigenvalue weighted by Crippen LogP contribution is 2.76.